The number of benzene rings is 1. The molecule has 5 nitrogen and oxygen atoms in total. The molecule has 5 heteroatoms. The Labute approximate surface area is 188 Å². The zero-order valence-corrected chi connectivity index (χ0v) is 20.2. The van der Waals surface area contributed by atoms with Crippen LogP contribution >= 0.6 is 0 Å². The summed E-state index contributed by atoms with van der Waals surface area (Å²) in [4.78, 5) is 30.4. The van der Waals surface area contributed by atoms with E-state index in [4.69, 9.17) is 0 Å². The normalized spacial score (nSPS) is 22.2. The molecule has 1 spiro atoms. The van der Waals surface area contributed by atoms with Gasteiger partial charge in [-0.25, -0.2) is 4.79 Å². The van der Waals surface area contributed by atoms with Crippen LogP contribution in [0, 0.1) is 0 Å². The van der Waals surface area contributed by atoms with E-state index in [9.17, 15) is 9.59 Å². The van der Waals surface area contributed by atoms with Gasteiger partial charge in [0, 0.05) is 11.1 Å². The number of nitrogens with one attached hydrogen (secondary N) is 1. The molecule has 0 unspecified atom stereocenters. The van der Waals surface area contributed by atoms with E-state index in [1.807, 2.05) is 30.3 Å². The van der Waals surface area contributed by atoms with Crippen molar-refractivity contribution in [3.63, 3.8) is 0 Å². The molecule has 1 aromatic carbocycles. The van der Waals surface area contributed by atoms with E-state index in [1.165, 1.54) is 43.4 Å². The first kappa shape index (κ1) is 23.8. The van der Waals surface area contributed by atoms with Gasteiger partial charge < -0.3 is 5.32 Å². The molecule has 2 saturated heterocycles. The van der Waals surface area contributed by atoms with Crippen LogP contribution in [0.5, 0.6) is 0 Å². The Kier molecular flexibility index (Phi) is 7.14. The van der Waals surface area contributed by atoms with Crippen molar-refractivity contribution in [1.82, 2.24) is 15.1 Å². The van der Waals surface area contributed by atoms with E-state index in [0.29, 0.717) is 19.4 Å². The van der Waals surface area contributed by atoms with Crippen LogP contribution in [0.25, 0.3) is 0 Å². The molecular weight excluding hydrogens is 386 g/mol. The number of carbonyl (C=O) groups excluding carboxylic acids is 2. The second-order valence-electron chi connectivity index (χ2n) is 10.8. The minimum Gasteiger partial charge on any atom is -0.323 e. The van der Waals surface area contributed by atoms with Gasteiger partial charge in [0.05, 0.1) is 6.54 Å². The number of piperidine rings is 1. The van der Waals surface area contributed by atoms with Gasteiger partial charge in [-0.3, -0.25) is 14.6 Å². The molecule has 0 radical (unpaired) electrons. The quantitative estimate of drug-likeness (QED) is 0.419. The number of rotatable bonds is 9. The Morgan fingerprint density at radius 2 is 1.45 bits per heavy atom. The number of imide groups is 1. The summed E-state index contributed by atoms with van der Waals surface area (Å²) in [6.45, 7) is 12.5. The molecular formula is C26H41N3O2. The van der Waals surface area contributed by atoms with Gasteiger partial charge in [-0.2, -0.15) is 0 Å². The van der Waals surface area contributed by atoms with Crippen molar-refractivity contribution in [1.29, 1.82) is 0 Å². The number of nitrogens with zero attached hydrogens (tertiary/aromatic N) is 2. The highest BCUT2D eigenvalue weighted by Crippen LogP contribution is 2.46. The van der Waals surface area contributed by atoms with E-state index < -0.39 is 5.54 Å². The number of urea groups is 1. The number of amides is 3. The Balaban J connectivity index is 1.70. The molecule has 2 aliphatic rings. The predicted octanol–water partition coefficient (Wildman–Crippen LogP) is 5.49. The second kappa shape index (κ2) is 9.32. The molecule has 3 amide bonds. The van der Waals surface area contributed by atoms with Crippen LogP contribution < -0.4 is 5.32 Å². The van der Waals surface area contributed by atoms with Gasteiger partial charge >= 0.3 is 6.03 Å². The van der Waals surface area contributed by atoms with E-state index in [2.05, 4.69) is 44.8 Å². The van der Waals surface area contributed by atoms with E-state index in [0.717, 1.165) is 12.1 Å². The lowest BCUT2D eigenvalue weighted by atomic mass is 9.68. The first-order valence-corrected chi connectivity index (χ1v) is 12.1. The maximum absolute atomic E-state index is 13.6. The lowest BCUT2D eigenvalue weighted by Crippen LogP contribution is -2.69. The van der Waals surface area contributed by atoms with Gasteiger partial charge in [0.2, 0.25) is 0 Å². The Morgan fingerprint density at radius 1 is 0.871 bits per heavy atom. The molecule has 0 bridgehead atoms. The summed E-state index contributed by atoms with van der Waals surface area (Å²) in [5.41, 5.74) is -0.174. The van der Waals surface area contributed by atoms with Crippen LogP contribution in [-0.2, 0) is 11.3 Å². The maximum Gasteiger partial charge on any atom is 0.325 e. The van der Waals surface area contributed by atoms with E-state index >= 15 is 0 Å². The zero-order valence-electron chi connectivity index (χ0n) is 20.2. The lowest BCUT2D eigenvalue weighted by molar-refractivity contribution is -0.141. The summed E-state index contributed by atoms with van der Waals surface area (Å²) in [6, 6.07) is 9.49. The van der Waals surface area contributed by atoms with Gasteiger partial charge in [-0.15, -0.1) is 0 Å². The third-order valence-corrected chi connectivity index (χ3v) is 7.09. The number of likely N-dealkylation sites (tertiary alicyclic amines) is 1. The molecule has 2 aliphatic heterocycles. The third-order valence-electron chi connectivity index (χ3n) is 7.09. The minimum absolute atomic E-state index is 0.0679. The van der Waals surface area contributed by atoms with Crippen molar-refractivity contribution in [2.24, 2.45) is 0 Å². The van der Waals surface area contributed by atoms with Crippen molar-refractivity contribution >= 4 is 11.9 Å². The van der Waals surface area contributed by atoms with E-state index in [-0.39, 0.29) is 23.0 Å². The summed E-state index contributed by atoms with van der Waals surface area (Å²) in [5, 5.41) is 3.12. The molecule has 0 saturated carbocycles. The standard InChI is InChI=1S/C26H41N3O2/c1-6-7-8-9-10-14-17-29-24(2,3)19-26(20-25(29,4)5)22(30)28(23(31)27-26)18-21-15-12-11-13-16-21/h11-13,15-16H,6-10,14,17-20H2,1-5H3,(H,27,31). The average molecular weight is 428 g/mol. The summed E-state index contributed by atoms with van der Waals surface area (Å²) < 4.78 is 0. The van der Waals surface area contributed by atoms with E-state index in [1.54, 1.807) is 0 Å². The number of carbonyl (C=O) groups is 2. The highest BCUT2D eigenvalue weighted by atomic mass is 16.2. The predicted molar refractivity (Wildman–Crippen MR) is 126 cm³/mol. The van der Waals surface area contributed by atoms with Crippen LogP contribution in [0.2, 0.25) is 0 Å². The fourth-order valence-electron chi connectivity index (χ4n) is 6.03. The molecule has 2 heterocycles. The van der Waals surface area contributed by atoms with Gasteiger partial charge in [-0.05, 0) is 59.1 Å². The van der Waals surface area contributed by atoms with Crippen LogP contribution in [0.4, 0.5) is 4.79 Å². The first-order valence-electron chi connectivity index (χ1n) is 12.1. The minimum atomic E-state index is -0.809. The van der Waals surface area contributed by atoms with Crippen molar-refractivity contribution in [2.45, 2.75) is 109 Å². The van der Waals surface area contributed by atoms with Crippen molar-refractivity contribution < 1.29 is 9.59 Å². The molecule has 172 valence electrons. The zero-order chi connectivity index (χ0) is 22.7. The smallest absolute Gasteiger partial charge is 0.323 e. The lowest BCUT2D eigenvalue weighted by Gasteiger charge is -2.58. The van der Waals surface area contributed by atoms with Gasteiger partial charge in [0.1, 0.15) is 5.54 Å². The summed E-state index contributed by atoms with van der Waals surface area (Å²) in [6.07, 6.45) is 8.96. The summed E-state index contributed by atoms with van der Waals surface area (Å²) >= 11 is 0. The summed E-state index contributed by atoms with van der Waals surface area (Å²) in [7, 11) is 0. The molecule has 3 rings (SSSR count). The van der Waals surface area contributed by atoms with Crippen LogP contribution in [-0.4, -0.2) is 44.9 Å². The second-order valence-corrected chi connectivity index (χ2v) is 10.8. The summed E-state index contributed by atoms with van der Waals surface area (Å²) in [5.74, 6) is -0.0679. The Bertz CT molecular complexity index is 754. The van der Waals surface area contributed by atoms with Crippen molar-refractivity contribution in [3.8, 4) is 0 Å². The molecule has 31 heavy (non-hydrogen) atoms. The van der Waals surface area contributed by atoms with Gasteiger partial charge in [0.25, 0.3) is 5.91 Å². The maximum atomic E-state index is 13.6. The number of hydrogen-bond acceptors (Lipinski definition) is 3. The topological polar surface area (TPSA) is 52.7 Å². The largest absolute Gasteiger partial charge is 0.325 e. The van der Waals surface area contributed by atoms with Crippen LogP contribution in [0.1, 0.15) is 91.5 Å². The average Bonchev–Trinajstić information content (AvgIpc) is 2.89. The van der Waals surface area contributed by atoms with Crippen LogP contribution in [0.15, 0.2) is 30.3 Å². The fraction of sp³-hybridized carbons (Fsp3) is 0.692. The van der Waals surface area contributed by atoms with Crippen molar-refractivity contribution in [3.05, 3.63) is 35.9 Å². The van der Waals surface area contributed by atoms with Crippen molar-refractivity contribution in [2.75, 3.05) is 6.54 Å². The van der Waals surface area contributed by atoms with Crippen LogP contribution in [0.3, 0.4) is 0 Å². The molecule has 2 fully saturated rings. The van der Waals surface area contributed by atoms with Gasteiger partial charge in [0.15, 0.2) is 0 Å². The first-order chi connectivity index (χ1) is 14.6. The molecule has 1 aromatic rings. The highest BCUT2D eigenvalue weighted by Gasteiger charge is 2.60. The number of unbranched alkanes of at least 4 members (excludes halogenated alkanes) is 5. The van der Waals surface area contributed by atoms with Gasteiger partial charge in [-0.1, -0.05) is 69.4 Å². The highest BCUT2D eigenvalue weighted by molar-refractivity contribution is 6.07. The monoisotopic (exact) mass is 427 g/mol. The third kappa shape index (κ3) is 5.14. The molecule has 0 aliphatic carbocycles. The molecule has 0 aromatic heterocycles. The fourth-order valence-corrected chi connectivity index (χ4v) is 6.03. The Morgan fingerprint density at radius 3 is 2.06 bits per heavy atom. The molecule has 1 N–H and O–H groups in total. The molecule has 0 atom stereocenters. The SMILES string of the molecule is CCCCCCCCN1C(C)(C)CC2(CC1(C)C)NC(=O)N(Cc1ccccc1)C2=O. The number of hydrogen-bond donors (Lipinski definition) is 1. The Hall–Kier alpha value is -1.88.